The highest BCUT2D eigenvalue weighted by molar-refractivity contribution is 5.97. The van der Waals surface area contributed by atoms with Crippen molar-refractivity contribution in [2.24, 2.45) is 0 Å². The molecule has 1 amide bonds. The average Bonchev–Trinajstić information content (AvgIpc) is 2.65. The lowest BCUT2D eigenvalue weighted by Gasteiger charge is -2.20. The first-order chi connectivity index (χ1) is 13.3. The molecule has 2 aromatic carbocycles. The van der Waals surface area contributed by atoms with E-state index in [9.17, 15) is 24.8 Å². The average molecular weight is 385 g/mol. The van der Waals surface area contributed by atoms with Gasteiger partial charge in [-0.3, -0.25) is 14.9 Å². The van der Waals surface area contributed by atoms with Crippen molar-refractivity contribution in [3.05, 3.63) is 69.3 Å². The Morgan fingerprint density at radius 2 is 1.86 bits per heavy atom. The van der Waals surface area contributed by atoms with E-state index in [2.05, 4.69) is 5.32 Å². The predicted molar refractivity (Wildman–Crippen MR) is 99.9 cm³/mol. The van der Waals surface area contributed by atoms with E-state index in [-0.39, 0.29) is 16.8 Å². The fraction of sp³-hybridized carbons (Fsp3) is 0.300. The summed E-state index contributed by atoms with van der Waals surface area (Å²) in [5.41, 5.74) is 0.701. The summed E-state index contributed by atoms with van der Waals surface area (Å²) in [6, 6.07) is 10.0. The van der Waals surface area contributed by atoms with Crippen LogP contribution in [0, 0.1) is 17.0 Å². The Morgan fingerprint density at radius 3 is 2.43 bits per heavy atom. The molecule has 28 heavy (non-hydrogen) atoms. The van der Waals surface area contributed by atoms with Gasteiger partial charge in [-0.1, -0.05) is 25.1 Å². The Kier molecular flexibility index (Phi) is 7.08. The zero-order chi connectivity index (χ0) is 20.7. The topological polar surface area (TPSA) is 122 Å². The maximum absolute atomic E-state index is 12.6. The lowest BCUT2D eigenvalue weighted by molar-refractivity contribution is -0.385. The highest BCUT2D eigenvalue weighted by atomic mass is 16.6. The Labute approximate surface area is 162 Å². The van der Waals surface area contributed by atoms with E-state index >= 15 is 0 Å². The molecule has 0 aliphatic rings. The molecule has 0 spiro atoms. The molecule has 0 fully saturated rings. The molecular formula is C20H21N2O6-. The van der Waals surface area contributed by atoms with Crippen LogP contribution in [-0.4, -0.2) is 23.4 Å². The van der Waals surface area contributed by atoms with Crippen LogP contribution in [0.5, 0.6) is 5.75 Å². The molecule has 1 atom stereocenters. The van der Waals surface area contributed by atoms with Crippen molar-refractivity contribution in [2.45, 2.75) is 32.7 Å². The minimum atomic E-state index is -1.33. The number of nitro benzene ring substituents is 1. The number of nitro groups is 1. The van der Waals surface area contributed by atoms with Gasteiger partial charge in [0, 0.05) is 29.6 Å². The first-order valence-corrected chi connectivity index (χ1v) is 8.81. The molecule has 8 heteroatoms. The van der Waals surface area contributed by atoms with E-state index in [4.69, 9.17) is 4.74 Å². The van der Waals surface area contributed by atoms with Gasteiger partial charge in [0.1, 0.15) is 5.75 Å². The largest absolute Gasteiger partial charge is 0.550 e. The molecule has 0 aromatic heterocycles. The van der Waals surface area contributed by atoms with Gasteiger partial charge in [-0.2, -0.15) is 0 Å². The van der Waals surface area contributed by atoms with E-state index in [1.807, 2.05) is 6.92 Å². The van der Waals surface area contributed by atoms with Crippen molar-refractivity contribution in [3.8, 4) is 5.75 Å². The quantitative estimate of drug-likeness (QED) is 0.522. The van der Waals surface area contributed by atoms with Gasteiger partial charge in [0.05, 0.1) is 17.6 Å². The Bertz CT molecular complexity index is 863. The molecule has 148 valence electrons. The van der Waals surface area contributed by atoms with Crippen LogP contribution in [-0.2, 0) is 4.79 Å². The summed E-state index contributed by atoms with van der Waals surface area (Å²) in [7, 11) is 0. The van der Waals surface area contributed by atoms with E-state index in [0.717, 1.165) is 6.42 Å². The summed E-state index contributed by atoms with van der Waals surface area (Å²) in [6.45, 7) is 4.01. The summed E-state index contributed by atoms with van der Waals surface area (Å²) in [5, 5.41) is 24.8. The third-order valence-electron chi connectivity index (χ3n) is 4.18. The van der Waals surface area contributed by atoms with E-state index in [1.54, 1.807) is 24.3 Å². The number of nitrogens with zero attached hydrogens (tertiary/aromatic N) is 1. The second-order valence-electron chi connectivity index (χ2n) is 6.23. The second-order valence-corrected chi connectivity index (χ2v) is 6.23. The Morgan fingerprint density at radius 1 is 1.18 bits per heavy atom. The van der Waals surface area contributed by atoms with Crippen LogP contribution in [0.1, 0.15) is 47.3 Å². The molecule has 0 aliphatic heterocycles. The number of rotatable bonds is 9. The molecule has 0 saturated heterocycles. The number of carboxylic acid groups (broad SMARTS) is 1. The lowest BCUT2D eigenvalue weighted by atomic mass is 10.0. The van der Waals surface area contributed by atoms with E-state index in [1.165, 1.54) is 25.1 Å². The van der Waals surface area contributed by atoms with Crippen molar-refractivity contribution < 1.29 is 24.4 Å². The molecule has 0 radical (unpaired) electrons. The first kappa shape index (κ1) is 20.9. The summed E-state index contributed by atoms with van der Waals surface area (Å²) in [4.78, 5) is 34.3. The van der Waals surface area contributed by atoms with Crippen LogP contribution < -0.4 is 15.2 Å². The Hall–Kier alpha value is -3.42. The number of hydrogen-bond acceptors (Lipinski definition) is 6. The maximum atomic E-state index is 12.6. The van der Waals surface area contributed by atoms with Crippen LogP contribution in [0.4, 0.5) is 5.69 Å². The first-order valence-electron chi connectivity index (χ1n) is 8.81. The van der Waals surface area contributed by atoms with Crippen LogP contribution in [0.3, 0.4) is 0 Å². The zero-order valence-corrected chi connectivity index (χ0v) is 15.6. The number of carbonyl (C=O) groups is 2. The molecule has 1 N–H and O–H groups in total. The molecule has 8 nitrogen and oxygen atoms in total. The molecule has 0 aliphatic carbocycles. The SMILES string of the molecule is CCCOc1ccc([C@H](CC(=O)[O-])NC(=O)c2cccc([N+](=O)[O-])c2C)cc1. The maximum Gasteiger partial charge on any atom is 0.273 e. The van der Waals surface area contributed by atoms with Crippen LogP contribution in [0.2, 0.25) is 0 Å². The number of nitrogens with one attached hydrogen (secondary N) is 1. The standard InChI is InChI=1S/C20H22N2O6/c1-3-11-28-15-9-7-14(8-10-15)17(12-19(23)24)21-20(25)16-5-4-6-18(13(16)2)22(26)27/h4-10,17H,3,11-12H2,1-2H3,(H,21,25)(H,23,24)/p-1/t17-/m0/s1. The third-order valence-corrected chi connectivity index (χ3v) is 4.18. The second kappa shape index (κ2) is 9.50. The summed E-state index contributed by atoms with van der Waals surface area (Å²) >= 11 is 0. The molecule has 0 bridgehead atoms. The van der Waals surface area contributed by atoms with E-state index < -0.39 is 29.3 Å². The van der Waals surface area contributed by atoms with Gasteiger partial charge in [-0.15, -0.1) is 0 Å². The van der Waals surface area contributed by atoms with Crippen LogP contribution in [0.25, 0.3) is 0 Å². The number of carboxylic acids is 1. The number of carbonyl (C=O) groups excluding carboxylic acids is 2. The summed E-state index contributed by atoms with van der Waals surface area (Å²) < 4.78 is 5.49. The minimum Gasteiger partial charge on any atom is -0.550 e. The van der Waals surface area contributed by atoms with Crippen molar-refractivity contribution in [3.63, 3.8) is 0 Å². The van der Waals surface area contributed by atoms with Crippen molar-refractivity contribution >= 4 is 17.6 Å². The number of aliphatic carboxylic acids is 1. The summed E-state index contributed by atoms with van der Waals surface area (Å²) in [5.74, 6) is -1.29. The van der Waals surface area contributed by atoms with Gasteiger partial charge in [-0.25, -0.2) is 0 Å². The monoisotopic (exact) mass is 385 g/mol. The van der Waals surface area contributed by atoms with Gasteiger partial charge in [0.15, 0.2) is 0 Å². The molecular weight excluding hydrogens is 364 g/mol. The number of ether oxygens (including phenoxy) is 1. The third kappa shape index (κ3) is 5.29. The fourth-order valence-corrected chi connectivity index (χ4v) is 2.74. The van der Waals surface area contributed by atoms with Crippen LogP contribution in [0.15, 0.2) is 42.5 Å². The predicted octanol–water partition coefficient (Wildman–Crippen LogP) is 2.30. The van der Waals surface area contributed by atoms with Gasteiger partial charge in [0.25, 0.3) is 11.6 Å². The van der Waals surface area contributed by atoms with Gasteiger partial charge < -0.3 is 20.0 Å². The Balaban J connectivity index is 2.25. The normalized spacial score (nSPS) is 11.5. The van der Waals surface area contributed by atoms with Gasteiger partial charge >= 0.3 is 0 Å². The van der Waals surface area contributed by atoms with Crippen molar-refractivity contribution in [1.82, 2.24) is 5.32 Å². The van der Waals surface area contributed by atoms with Crippen molar-refractivity contribution in [1.29, 1.82) is 0 Å². The highest BCUT2D eigenvalue weighted by Gasteiger charge is 2.21. The number of amides is 1. The smallest absolute Gasteiger partial charge is 0.273 e. The van der Waals surface area contributed by atoms with Crippen molar-refractivity contribution in [2.75, 3.05) is 6.61 Å². The number of benzene rings is 2. The van der Waals surface area contributed by atoms with Gasteiger partial charge in [-0.05, 0) is 37.1 Å². The molecule has 2 aromatic rings. The zero-order valence-electron chi connectivity index (χ0n) is 15.6. The number of hydrogen-bond donors (Lipinski definition) is 1. The fourth-order valence-electron chi connectivity index (χ4n) is 2.74. The molecule has 0 unspecified atom stereocenters. The van der Waals surface area contributed by atoms with E-state index in [0.29, 0.717) is 17.9 Å². The molecule has 2 rings (SSSR count). The highest BCUT2D eigenvalue weighted by Crippen LogP contribution is 2.24. The molecule has 0 saturated carbocycles. The van der Waals surface area contributed by atoms with Crippen LogP contribution >= 0.6 is 0 Å². The minimum absolute atomic E-state index is 0.112. The van der Waals surface area contributed by atoms with Gasteiger partial charge in [0.2, 0.25) is 0 Å². The summed E-state index contributed by atoms with van der Waals surface area (Å²) in [6.07, 6.45) is 0.419. The molecule has 0 heterocycles. The lowest BCUT2D eigenvalue weighted by Crippen LogP contribution is -2.34.